The van der Waals surface area contributed by atoms with E-state index in [-0.39, 0.29) is 12.0 Å². The van der Waals surface area contributed by atoms with Gasteiger partial charge in [-0.15, -0.1) is 0 Å². The quantitative estimate of drug-likeness (QED) is 0.569. The van der Waals surface area contributed by atoms with Gasteiger partial charge in [0.15, 0.2) is 8.32 Å². The summed E-state index contributed by atoms with van der Waals surface area (Å²) in [5.74, 6) is -4.31. The topological polar surface area (TPSA) is 35.2 Å². The molecule has 2 nitrogen and oxygen atoms in total. The van der Waals surface area contributed by atoms with Crippen LogP contribution in [-0.2, 0) is 10.3 Å². The van der Waals surface area contributed by atoms with E-state index < -0.39 is 37.8 Å². The Bertz CT molecular complexity index is 525. The average molecular weight is 362 g/mol. The molecule has 0 fully saturated rings. The predicted molar refractivity (Wildman–Crippen MR) is 95.3 cm³/mol. The van der Waals surface area contributed by atoms with E-state index >= 15 is 8.78 Å². The molecule has 0 saturated heterocycles. The van der Waals surface area contributed by atoms with E-state index in [1.54, 1.807) is 13.8 Å². The Hall–Kier alpha value is -0.853. The van der Waals surface area contributed by atoms with Crippen molar-refractivity contribution in [2.45, 2.75) is 77.2 Å². The summed E-state index contributed by atoms with van der Waals surface area (Å²) in [6, 6.07) is 5.70. The van der Waals surface area contributed by atoms with Crippen LogP contribution in [0.2, 0.25) is 18.1 Å². The standard InChI is InChI=1S/C18H30F3NOSi/c1-6-16(23-24(7-2,8-3)9-4)18(20,21)15-12-10-11-14(13(5)22)17(15)19/h10-13,16H,6-9,22H2,1-5H3. The lowest BCUT2D eigenvalue weighted by molar-refractivity contribution is -0.110. The van der Waals surface area contributed by atoms with E-state index in [4.69, 9.17) is 10.2 Å². The van der Waals surface area contributed by atoms with Crippen LogP contribution in [0.4, 0.5) is 13.2 Å². The van der Waals surface area contributed by atoms with Gasteiger partial charge in [-0.3, -0.25) is 0 Å². The van der Waals surface area contributed by atoms with E-state index in [1.165, 1.54) is 12.1 Å². The van der Waals surface area contributed by atoms with E-state index in [2.05, 4.69) is 0 Å². The van der Waals surface area contributed by atoms with Crippen molar-refractivity contribution in [3.63, 3.8) is 0 Å². The highest BCUT2D eigenvalue weighted by atomic mass is 28.4. The van der Waals surface area contributed by atoms with Crippen LogP contribution >= 0.6 is 0 Å². The lowest BCUT2D eigenvalue weighted by Gasteiger charge is -2.37. The number of hydrogen-bond acceptors (Lipinski definition) is 2. The van der Waals surface area contributed by atoms with E-state index in [9.17, 15) is 4.39 Å². The average Bonchev–Trinajstić information content (AvgIpc) is 2.56. The molecule has 0 aliphatic heterocycles. The molecule has 6 heteroatoms. The number of nitrogens with two attached hydrogens (primary N) is 1. The van der Waals surface area contributed by atoms with Gasteiger partial charge in [0.2, 0.25) is 0 Å². The molecule has 0 saturated carbocycles. The minimum atomic E-state index is -3.39. The Labute approximate surface area is 144 Å². The second kappa shape index (κ2) is 8.49. The second-order valence-corrected chi connectivity index (χ2v) is 11.1. The highest BCUT2D eigenvalue weighted by Gasteiger charge is 2.47. The van der Waals surface area contributed by atoms with Gasteiger partial charge in [0.05, 0.1) is 5.56 Å². The molecule has 24 heavy (non-hydrogen) atoms. The predicted octanol–water partition coefficient (Wildman–Crippen LogP) is 5.74. The maximum atomic E-state index is 15.1. The zero-order chi connectivity index (χ0) is 18.5. The minimum Gasteiger partial charge on any atom is -0.407 e. The van der Waals surface area contributed by atoms with Gasteiger partial charge in [-0.05, 0) is 37.5 Å². The van der Waals surface area contributed by atoms with Gasteiger partial charge in [-0.1, -0.05) is 39.8 Å². The summed E-state index contributed by atoms with van der Waals surface area (Å²) in [5.41, 5.74) is 5.18. The van der Waals surface area contributed by atoms with Gasteiger partial charge < -0.3 is 10.2 Å². The summed E-state index contributed by atoms with van der Waals surface area (Å²) in [4.78, 5) is 0. The summed E-state index contributed by atoms with van der Waals surface area (Å²) in [5, 5.41) is 0. The van der Waals surface area contributed by atoms with Crippen molar-refractivity contribution in [1.82, 2.24) is 0 Å². The van der Waals surface area contributed by atoms with Gasteiger partial charge in [0, 0.05) is 11.6 Å². The Kier molecular flexibility index (Phi) is 7.50. The molecular formula is C18H30F3NOSi. The molecule has 1 rings (SSSR count). The van der Waals surface area contributed by atoms with Gasteiger partial charge in [0.1, 0.15) is 11.9 Å². The van der Waals surface area contributed by atoms with Crippen LogP contribution in [0.15, 0.2) is 18.2 Å². The number of rotatable bonds is 9. The summed E-state index contributed by atoms with van der Waals surface area (Å²) in [6.07, 6.45) is -1.19. The largest absolute Gasteiger partial charge is 0.407 e. The first-order valence-electron chi connectivity index (χ1n) is 8.79. The van der Waals surface area contributed by atoms with Crippen molar-refractivity contribution in [3.05, 3.63) is 35.1 Å². The molecular weight excluding hydrogens is 331 g/mol. The molecule has 0 aliphatic carbocycles. The molecule has 1 aromatic carbocycles. The fourth-order valence-electron chi connectivity index (χ4n) is 3.05. The molecule has 2 unspecified atom stereocenters. The minimum absolute atomic E-state index is 0.104. The molecule has 2 atom stereocenters. The van der Waals surface area contributed by atoms with E-state index in [0.29, 0.717) is 0 Å². The molecule has 0 heterocycles. The van der Waals surface area contributed by atoms with Crippen molar-refractivity contribution in [2.75, 3.05) is 0 Å². The van der Waals surface area contributed by atoms with Crippen LogP contribution in [0, 0.1) is 5.82 Å². The van der Waals surface area contributed by atoms with Gasteiger partial charge in [0.25, 0.3) is 5.92 Å². The highest BCUT2D eigenvalue weighted by Crippen LogP contribution is 2.40. The molecule has 0 amide bonds. The van der Waals surface area contributed by atoms with Crippen molar-refractivity contribution in [3.8, 4) is 0 Å². The van der Waals surface area contributed by atoms with Crippen LogP contribution in [0.3, 0.4) is 0 Å². The van der Waals surface area contributed by atoms with Crippen LogP contribution in [0.25, 0.3) is 0 Å². The molecule has 0 radical (unpaired) electrons. The van der Waals surface area contributed by atoms with Gasteiger partial charge >= 0.3 is 0 Å². The van der Waals surface area contributed by atoms with Gasteiger partial charge in [-0.2, -0.15) is 8.78 Å². The van der Waals surface area contributed by atoms with Gasteiger partial charge in [-0.25, -0.2) is 4.39 Å². The summed E-state index contributed by atoms with van der Waals surface area (Å²) < 4.78 is 50.8. The third kappa shape index (κ3) is 4.21. The highest BCUT2D eigenvalue weighted by molar-refractivity contribution is 6.73. The molecule has 0 spiro atoms. The third-order valence-corrected chi connectivity index (χ3v) is 9.63. The smallest absolute Gasteiger partial charge is 0.300 e. The molecule has 1 aromatic rings. The number of benzene rings is 1. The Balaban J connectivity index is 3.27. The summed E-state index contributed by atoms with van der Waals surface area (Å²) >= 11 is 0. The van der Waals surface area contributed by atoms with Crippen LogP contribution in [-0.4, -0.2) is 14.4 Å². The molecule has 0 bridgehead atoms. The van der Waals surface area contributed by atoms with Crippen molar-refractivity contribution >= 4 is 8.32 Å². The Morgan fingerprint density at radius 3 is 2.08 bits per heavy atom. The van der Waals surface area contributed by atoms with Crippen molar-refractivity contribution in [1.29, 1.82) is 0 Å². The summed E-state index contributed by atoms with van der Waals surface area (Å²) in [6.45, 7) is 9.20. The number of halogens is 3. The normalized spacial score (nSPS) is 15.4. The van der Waals surface area contributed by atoms with Crippen molar-refractivity contribution in [2.24, 2.45) is 5.73 Å². The van der Waals surface area contributed by atoms with E-state index in [0.717, 1.165) is 24.2 Å². The Morgan fingerprint density at radius 2 is 1.67 bits per heavy atom. The maximum absolute atomic E-state index is 15.1. The maximum Gasteiger partial charge on any atom is 0.300 e. The molecule has 0 aliphatic rings. The fourth-order valence-corrected chi connectivity index (χ4v) is 5.97. The monoisotopic (exact) mass is 361 g/mol. The fraction of sp³-hybridized carbons (Fsp3) is 0.667. The first-order valence-corrected chi connectivity index (χ1v) is 11.3. The number of hydrogen-bond donors (Lipinski definition) is 1. The lowest BCUT2D eigenvalue weighted by Crippen LogP contribution is -2.46. The zero-order valence-corrected chi connectivity index (χ0v) is 16.3. The van der Waals surface area contributed by atoms with Crippen LogP contribution < -0.4 is 5.73 Å². The molecule has 0 aromatic heterocycles. The van der Waals surface area contributed by atoms with Crippen LogP contribution in [0.5, 0.6) is 0 Å². The first kappa shape index (κ1) is 21.2. The Morgan fingerprint density at radius 1 is 1.12 bits per heavy atom. The zero-order valence-electron chi connectivity index (χ0n) is 15.3. The molecule has 138 valence electrons. The SMILES string of the molecule is CCC(O[Si](CC)(CC)CC)C(F)(F)c1cccc(C(C)N)c1F. The second-order valence-electron chi connectivity index (χ2n) is 6.38. The van der Waals surface area contributed by atoms with Crippen molar-refractivity contribution < 1.29 is 17.6 Å². The van der Waals surface area contributed by atoms with E-state index in [1.807, 2.05) is 20.8 Å². The first-order chi connectivity index (χ1) is 11.2. The van der Waals surface area contributed by atoms with Crippen LogP contribution in [0.1, 0.15) is 58.2 Å². The summed E-state index contributed by atoms with van der Waals surface area (Å²) in [7, 11) is -2.22. The lowest BCUT2D eigenvalue weighted by atomic mass is 9.96. The molecule has 2 N–H and O–H groups in total. The number of alkyl halides is 2. The third-order valence-electron chi connectivity index (χ3n) is 4.98.